The summed E-state index contributed by atoms with van der Waals surface area (Å²) in [6, 6.07) is 5.15. The number of benzene rings is 1. The largest absolute Gasteiger partial charge is 0.381 e. The van der Waals surface area contributed by atoms with Crippen molar-refractivity contribution in [1.29, 1.82) is 0 Å². The Labute approximate surface area is 122 Å². The van der Waals surface area contributed by atoms with E-state index in [2.05, 4.69) is 0 Å². The average Bonchev–Trinajstić information content (AvgIpc) is 2.40. The van der Waals surface area contributed by atoms with Gasteiger partial charge >= 0.3 is 0 Å². The van der Waals surface area contributed by atoms with Crippen LogP contribution < -0.4 is 0 Å². The van der Waals surface area contributed by atoms with Crippen molar-refractivity contribution in [2.45, 2.75) is 32.0 Å². The molecule has 104 valence electrons. The molecule has 5 heteroatoms. The second-order valence-electron chi connectivity index (χ2n) is 4.61. The van der Waals surface area contributed by atoms with Gasteiger partial charge in [0.05, 0.1) is 16.1 Å². The predicted molar refractivity (Wildman–Crippen MR) is 74.8 cm³/mol. The molecule has 19 heavy (non-hydrogen) atoms. The lowest BCUT2D eigenvalue weighted by Gasteiger charge is -2.26. The zero-order chi connectivity index (χ0) is 13.8. The van der Waals surface area contributed by atoms with Crippen LogP contribution in [0.2, 0.25) is 10.0 Å². The summed E-state index contributed by atoms with van der Waals surface area (Å²) in [6.07, 6.45) is 1.09. The first kappa shape index (κ1) is 14.8. The van der Waals surface area contributed by atoms with Crippen molar-refractivity contribution >= 4 is 29.0 Å². The van der Waals surface area contributed by atoms with Gasteiger partial charge in [-0.25, -0.2) is 0 Å². The fourth-order valence-electron chi connectivity index (χ4n) is 2.09. The van der Waals surface area contributed by atoms with Gasteiger partial charge in [-0.05, 0) is 37.5 Å². The maximum atomic E-state index is 11.8. The lowest BCUT2D eigenvalue weighted by molar-refractivity contribution is -0.137. The second-order valence-corrected chi connectivity index (χ2v) is 5.43. The highest BCUT2D eigenvalue weighted by molar-refractivity contribution is 6.42. The molecule has 0 amide bonds. The van der Waals surface area contributed by atoms with Crippen LogP contribution in [-0.2, 0) is 14.3 Å². The summed E-state index contributed by atoms with van der Waals surface area (Å²) in [5, 5.41) is 0.903. The van der Waals surface area contributed by atoms with Crippen LogP contribution in [0.4, 0.5) is 0 Å². The van der Waals surface area contributed by atoms with Gasteiger partial charge < -0.3 is 9.47 Å². The molecule has 0 aromatic heterocycles. The van der Waals surface area contributed by atoms with Gasteiger partial charge in [0.25, 0.3) is 0 Å². The Bertz CT molecular complexity index is 456. The van der Waals surface area contributed by atoms with Gasteiger partial charge in [0.1, 0.15) is 6.10 Å². The molecule has 0 spiro atoms. The number of carbonyl (C=O) groups excluding carboxylic acids is 1. The third-order valence-corrected chi connectivity index (χ3v) is 3.85. The van der Waals surface area contributed by atoms with E-state index in [0.29, 0.717) is 23.3 Å². The van der Waals surface area contributed by atoms with E-state index in [4.69, 9.17) is 32.7 Å². The Morgan fingerprint density at radius 3 is 2.58 bits per heavy atom. The zero-order valence-electron chi connectivity index (χ0n) is 10.7. The van der Waals surface area contributed by atoms with E-state index in [1.54, 1.807) is 18.2 Å². The standard InChI is InChI=1S/C14H16Cl2O3/c1-9(17)14(19-11-4-6-18-7-5-11)10-2-3-12(15)13(16)8-10/h2-3,8,11,14H,4-7H2,1H3. The smallest absolute Gasteiger partial charge is 0.163 e. The fourth-order valence-corrected chi connectivity index (χ4v) is 2.40. The van der Waals surface area contributed by atoms with E-state index in [1.165, 1.54) is 6.92 Å². The first-order chi connectivity index (χ1) is 9.08. The van der Waals surface area contributed by atoms with E-state index >= 15 is 0 Å². The Morgan fingerprint density at radius 1 is 1.32 bits per heavy atom. The van der Waals surface area contributed by atoms with E-state index in [1.807, 2.05) is 0 Å². The molecular formula is C14H16Cl2O3. The van der Waals surface area contributed by atoms with Crippen molar-refractivity contribution in [1.82, 2.24) is 0 Å². The molecular weight excluding hydrogens is 287 g/mol. The van der Waals surface area contributed by atoms with Crippen molar-refractivity contribution in [2.75, 3.05) is 13.2 Å². The Kier molecular flexibility index (Phi) is 5.22. The van der Waals surface area contributed by atoms with Crippen molar-refractivity contribution < 1.29 is 14.3 Å². The molecule has 1 heterocycles. The Hall–Kier alpha value is -0.610. The van der Waals surface area contributed by atoms with Gasteiger partial charge in [0, 0.05) is 13.2 Å². The molecule has 1 aromatic rings. The lowest BCUT2D eigenvalue weighted by Crippen LogP contribution is -2.27. The van der Waals surface area contributed by atoms with Crippen molar-refractivity contribution in [3.05, 3.63) is 33.8 Å². The number of ketones is 1. The summed E-state index contributed by atoms with van der Waals surface area (Å²) < 4.78 is 11.2. The number of rotatable bonds is 4. The molecule has 0 aliphatic carbocycles. The van der Waals surface area contributed by atoms with Gasteiger partial charge in [0.2, 0.25) is 0 Å². The van der Waals surface area contributed by atoms with Gasteiger partial charge in [-0.2, -0.15) is 0 Å². The minimum Gasteiger partial charge on any atom is -0.381 e. The molecule has 1 aliphatic rings. The third kappa shape index (κ3) is 3.93. The van der Waals surface area contributed by atoms with Gasteiger partial charge in [0.15, 0.2) is 5.78 Å². The monoisotopic (exact) mass is 302 g/mol. The number of Topliss-reactive ketones (excluding diaryl/α,β-unsaturated/α-hetero) is 1. The Balaban J connectivity index is 2.14. The highest BCUT2D eigenvalue weighted by Gasteiger charge is 2.24. The molecule has 0 radical (unpaired) electrons. The van der Waals surface area contributed by atoms with Crippen LogP contribution in [0.1, 0.15) is 31.4 Å². The van der Waals surface area contributed by atoms with E-state index in [0.717, 1.165) is 18.4 Å². The summed E-state index contributed by atoms with van der Waals surface area (Å²) >= 11 is 11.9. The summed E-state index contributed by atoms with van der Waals surface area (Å²) in [6.45, 7) is 2.87. The highest BCUT2D eigenvalue weighted by atomic mass is 35.5. The van der Waals surface area contributed by atoms with Crippen molar-refractivity contribution in [2.24, 2.45) is 0 Å². The quantitative estimate of drug-likeness (QED) is 0.848. The summed E-state index contributed by atoms with van der Waals surface area (Å²) in [5.41, 5.74) is 0.744. The van der Waals surface area contributed by atoms with Crippen molar-refractivity contribution in [3.8, 4) is 0 Å². The number of carbonyl (C=O) groups is 1. The second kappa shape index (κ2) is 6.71. The van der Waals surface area contributed by atoms with E-state index in [9.17, 15) is 4.79 Å². The molecule has 1 aliphatic heterocycles. The van der Waals surface area contributed by atoms with E-state index in [-0.39, 0.29) is 11.9 Å². The summed E-state index contributed by atoms with van der Waals surface area (Å²) in [4.78, 5) is 11.8. The lowest BCUT2D eigenvalue weighted by atomic mass is 10.1. The maximum absolute atomic E-state index is 11.8. The third-order valence-electron chi connectivity index (χ3n) is 3.11. The summed E-state index contributed by atoms with van der Waals surface area (Å²) in [5.74, 6) is -0.0371. The molecule has 1 fully saturated rings. The van der Waals surface area contributed by atoms with Gasteiger partial charge in [-0.3, -0.25) is 4.79 Å². The minimum atomic E-state index is -0.585. The van der Waals surface area contributed by atoms with Crippen LogP contribution in [0, 0.1) is 0 Å². The first-order valence-electron chi connectivity index (χ1n) is 6.26. The predicted octanol–water partition coefficient (Wildman–Crippen LogP) is 3.82. The fraction of sp³-hybridized carbons (Fsp3) is 0.500. The van der Waals surface area contributed by atoms with Crippen molar-refractivity contribution in [3.63, 3.8) is 0 Å². The number of halogens is 2. The molecule has 0 bridgehead atoms. The molecule has 3 nitrogen and oxygen atoms in total. The molecule has 1 aromatic carbocycles. The normalized spacial score (nSPS) is 18.3. The number of ether oxygens (including phenoxy) is 2. The van der Waals surface area contributed by atoms with Crippen LogP contribution >= 0.6 is 23.2 Å². The molecule has 0 saturated carbocycles. The number of hydrogen-bond acceptors (Lipinski definition) is 3. The summed E-state index contributed by atoms with van der Waals surface area (Å²) in [7, 11) is 0. The van der Waals surface area contributed by atoms with Crippen LogP contribution in [0.15, 0.2) is 18.2 Å². The Morgan fingerprint density at radius 2 is 2.00 bits per heavy atom. The van der Waals surface area contributed by atoms with Gasteiger partial charge in [-0.15, -0.1) is 0 Å². The molecule has 2 rings (SSSR count). The SMILES string of the molecule is CC(=O)C(OC1CCOCC1)c1ccc(Cl)c(Cl)c1. The highest BCUT2D eigenvalue weighted by Crippen LogP contribution is 2.29. The topological polar surface area (TPSA) is 35.5 Å². The molecule has 1 saturated heterocycles. The van der Waals surface area contributed by atoms with E-state index < -0.39 is 6.10 Å². The average molecular weight is 303 g/mol. The van der Waals surface area contributed by atoms with Crippen LogP contribution in [-0.4, -0.2) is 25.1 Å². The molecule has 1 atom stereocenters. The maximum Gasteiger partial charge on any atom is 0.163 e. The minimum absolute atomic E-state index is 0.0371. The molecule has 0 N–H and O–H groups in total. The number of hydrogen-bond donors (Lipinski definition) is 0. The van der Waals surface area contributed by atoms with Crippen LogP contribution in [0.25, 0.3) is 0 Å². The van der Waals surface area contributed by atoms with Crippen LogP contribution in [0.5, 0.6) is 0 Å². The van der Waals surface area contributed by atoms with Crippen LogP contribution in [0.3, 0.4) is 0 Å². The first-order valence-corrected chi connectivity index (χ1v) is 7.02. The zero-order valence-corrected chi connectivity index (χ0v) is 12.2. The van der Waals surface area contributed by atoms with Gasteiger partial charge in [-0.1, -0.05) is 29.3 Å². The molecule has 1 unspecified atom stereocenters.